The van der Waals surface area contributed by atoms with Gasteiger partial charge in [0.2, 0.25) is 0 Å². The topological polar surface area (TPSA) is 35.2 Å². The predicted molar refractivity (Wildman–Crippen MR) is 80.6 cm³/mol. The maximum absolute atomic E-state index is 6.49. The molecule has 106 valence electrons. The molecule has 0 saturated heterocycles. The van der Waals surface area contributed by atoms with Gasteiger partial charge in [-0.2, -0.15) is 0 Å². The van der Waals surface area contributed by atoms with Gasteiger partial charge in [-0.1, -0.05) is 49.1 Å². The van der Waals surface area contributed by atoms with Gasteiger partial charge < -0.3 is 10.5 Å². The molecule has 1 aromatic rings. The Morgan fingerprint density at radius 1 is 1.26 bits per heavy atom. The summed E-state index contributed by atoms with van der Waals surface area (Å²) in [7, 11) is 0. The normalized spacial score (nSPS) is 20.2. The molecular weight excluding hydrogens is 258 g/mol. The van der Waals surface area contributed by atoms with E-state index in [1.165, 1.54) is 19.3 Å². The van der Waals surface area contributed by atoms with Crippen LogP contribution in [0.3, 0.4) is 0 Å². The van der Waals surface area contributed by atoms with Gasteiger partial charge in [-0.25, -0.2) is 0 Å². The second kappa shape index (κ2) is 6.74. The van der Waals surface area contributed by atoms with Crippen molar-refractivity contribution in [1.29, 1.82) is 0 Å². The number of ether oxygens (including phenoxy) is 1. The zero-order chi connectivity index (χ0) is 13.7. The molecule has 3 heteroatoms. The van der Waals surface area contributed by atoms with Gasteiger partial charge in [0.15, 0.2) is 0 Å². The number of hydrogen-bond acceptors (Lipinski definition) is 2. The van der Waals surface area contributed by atoms with Crippen molar-refractivity contribution in [2.24, 2.45) is 5.73 Å². The monoisotopic (exact) mass is 281 g/mol. The summed E-state index contributed by atoms with van der Waals surface area (Å²) >= 11 is 6.23. The maximum atomic E-state index is 6.49. The summed E-state index contributed by atoms with van der Waals surface area (Å²) in [6.45, 7) is 2.79. The summed E-state index contributed by atoms with van der Waals surface area (Å²) in [4.78, 5) is 0. The van der Waals surface area contributed by atoms with Crippen LogP contribution in [0.25, 0.3) is 0 Å². The van der Waals surface area contributed by atoms with E-state index < -0.39 is 0 Å². The average molecular weight is 282 g/mol. The minimum atomic E-state index is -0.147. The largest absolute Gasteiger partial charge is 0.374 e. The molecule has 0 spiro atoms. The molecule has 1 atom stereocenters. The first-order valence-corrected chi connectivity index (χ1v) is 7.69. The molecule has 0 aliphatic heterocycles. The van der Waals surface area contributed by atoms with E-state index in [2.05, 4.69) is 13.0 Å². The molecule has 1 aliphatic rings. The van der Waals surface area contributed by atoms with Gasteiger partial charge in [0.05, 0.1) is 5.60 Å². The fourth-order valence-electron chi connectivity index (χ4n) is 3.15. The van der Waals surface area contributed by atoms with Crippen LogP contribution in [0.2, 0.25) is 5.02 Å². The first kappa shape index (κ1) is 14.8. The molecular formula is C16H24ClNO. The van der Waals surface area contributed by atoms with E-state index in [4.69, 9.17) is 22.1 Å². The lowest BCUT2D eigenvalue weighted by atomic mass is 9.77. The van der Waals surface area contributed by atoms with Gasteiger partial charge >= 0.3 is 0 Å². The van der Waals surface area contributed by atoms with Crippen molar-refractivity contribution < 1.29 is 4.74 Å². The quantitative estimate of drug-likeness (QED) is 0.887. The van der Waals surface area contributed by atoms with Gasteiger partial charge in [-0.05, 0) is 37.8 Å². The van der Waals surface area contributed by atoms with Gasteiger partial charge in [0, 0.05) is 17.7 Å². The van der Waals surface area contributed by atoms with Gasteiger partial charge in [-0.15, -0.1) is 0 Å². The Morgan fingerprint density at radius 2 is 1.95 bits per heavy atom. The average Bonchev–Trinajstić information content (AvgIpc) is 2.42. The van der Waals surface area contributed by atoms with Crippen LogP contribution in [0.4, 0.5) is 0 Å². The summed E-state index contributed by atoms with van der Waals surface area (Å²) in [5.74, 6) is 0. The van der Waals surface area contributed by atoms with Crippen LogP contribution < -0.4 is 5.73 Å². The second-order valence-corrected chi connectivity index (χ2v) is 5.87. The third-order valence-electron chi connectivity index (χ3n) is 4.21. The van der Waals surface area contributed by atoms with Crippen LogP contribution in [-0.2, 0) is 11.2 Å². The molecule has 0 amide bonds. The highest BCUT2D eigenvalue weighted by molar-refractivity contribution is 6.31. The first-order chi connectivity index (χ1) is 9.18. The number of rotatable bonds is 5. The third-order valence-corrected chi connectivity index (χ3v) is 4.57. The van der Waals surface area contributed by atoms with Crippen molar-refractivity contribution in [1.82, 2.24) is 0 Å². The second-order valence-electron chi connectivity index (χ2n) is 5.46. The van der Waals surface area contributed by atoms with E-state index in [1.807, 2.05) is 18.2 Å². The smallest absolute Gasteiger partial charge is 0.0835 e. The van der Waals surface area contributed by atoms with E-state index in [0.717, 1.165) is 36.5 Å². The van der Waals surface area contributed by atoms with Gasteiger partial charge in [-0.3, -0.25) is 0 Å². The number of hydrogen-bond donors (Lipinski definition) is 1. The molecule has 1 fully saturated rings. The molecule has 2 nitrogen and oxygen atoms in total. The lowest BCUT2D eigenvalue weighted by Crippen LogP contribution is -2.52. The Hall–Kier alpha value is -0.570. The summed E-state index contributed by atoms with van der Waals surface area (Å²) in [5.41, 5.74) is 7.47. The summed E-state index contributed by atoms with van der Waals surface area (Å²) in [6.07, 6.45) is 6.68. The van der Waals surface area contributed by atoms with Gasteiger partial charge in [0.1, 0.15) is 0 Å². The summed E-state index contributed by atoms with van der Waals surface area (Å²) in [5, 5.41) is 0.806. The highest BCUT2D eigenvalue weighted by Crippen LogP contribution is 2.35. The molecule has 1 unspecified atom stereocenters. The van der Waals surface area contributed by atoms with Crippen LogP contribution >= 0.6 is 11.6 Å². The van der Waals surface area contributed by atoms with Crippen LogP contribution in [0.5, 0.6) is 0 Å². The molecule has 1 aliphatic carbocycles. The van der Waals surface area contributed by atoms with E-state index >= 15 is 0 Å². The van der Waals surface area contributed by atoms with Crippen LogP contribution in [0.1, 0.15) is 44.6 Å². The van der Waals surface area contributed by atoms with E-state index in [-0.39, 0.29) is 11.6 Å². The predicted octanol–water partition coefficient (Wildman–Crippen LogP) is 3.95. The van der Waals surface area contributed by atoms with Crippen molar-refractivity contribution in [3.63, 3.8) is 0 Å². The van der Waals surface area contributed by atoms with Crippen molar-refractivity contribution in [2.75, 3.05) is 6.61 Å². The number of halogens is 1. The summed E-state index contributed by atoms with van der Waals surface area (Å²) < 4.78 is 6.08. The fraction of sp³-hybridized carbons (Fsp3) is 0.625. The zero-order valence-corrected chi connectivity index (χ0v) is 12.5. The zero-order valence-electron chi connectivity index (χ0n) is 11.7. The fourth-order valence-corrected chi connectivity index (χ4v) is 3.36. The minimum absolute atomic E-state index is 0.0210. The molecule has 1 saturated carbocycles. The minimum Gasteiger partial charge on any atom is -0.374 e. The van der Waals surface area contributed by atoms with E-state index in [9.17, 15) is 0 Å². The Kier molecular flexibility index (Phi) is 5.26. The van der Waals surface area contributed by atoms with E-state index in [1.54, 1.807) is 0 Å². The van der Waals surface area contributed by atoms with Crippen LogP contribution in [0, 0.1) is 0 Å². The lowest BCUT2D eigenvalue weighted by Gasteiger charge is -2.41. The molecule has 0 heterocycles. The molecule has 0 aromatic heterocycles. The van der Waals surface area contributed by atoms with Crippen LogP contribution in [0.15, 0.2) is 24.3 Å². The Labute approximate surface area is 121 Å². The molecule has 2 N–H and O–H groups in total. The van der Waals surface area contributed by atoms with Crippen LogP contribution in [-0.4, -0.2) is 18.2 Å². The van der Waals surface area contributed by atoms with E-state index in [0.29, 0.717) is 0 Å². The standard InChI is InChI=1S/C16H24ClNO/c1-2-19-16(10-6-3-7-11-16)15(18)12-13-8-4-5-9-14(13)17/h4-5,8-9,15H,2-3,6-7,10-12,18H2,1H3. The van der Waals surface area contributed by atoms with Crippen molar-refractivity contribution >= 4 is 11.6 Å². The Balaban J connectivity index is 2.11. The molecule has 0 radical (unpaired) electrons. The Bertz CT molecular complexity index is 396. The first-order valence-electron chi connectivity index (χ1n) is 7.31. The molecule has 0 bridgehead atoms. The third kappa shape index (κ3) is 3.50. The SMILES string of the molecule is CCOC1(C(N)Cc2ccccc2Cl)CCCCC1. The number of benzene rings is 1. The lowest BCUT2D eigenvalue weighted by molar-refractivity contribution is -0.0817. The molecule has 1 aromatic carbocycles. The highest BCUT2D eigenvalue weighted by Gasteiger charge is 2.38. The summed E-state index contributed by atoms with van der Waals surface area (Å²) in [6, 6.07) is 7.98. The molecule has 19 heavy (non-hydrogen) atoms. The van der Waals surface area contributed by atoms with Crippen molar-refractivity contribution in [3.05, 3.63) is 34.9 Å². The maximum Gasteiger partial charge on any atom is 0.0835 e. The van der Waals surface area contributed by atoms with Gasteiger partial charge in [0.25, 0.3) is 0 Å². The van der Waals surface area contributed by atoms with Crippen molar-refractivity contribution in [3.8, 4) is 0 Å². The Morgan fingerprint density at radius 3 is 2.58 bits per heavy atom. The number of nitrogens with two attached hydrogens (primary N) is 1. The van der Waals surface area contributed by atoms with Crippen molar-refractivity contribution in [2.45, 2.75) is 57.1 Å². The highest BCUT2D eigenvalue weighted by atomic mass is 35.5. The molecule has 2 rings (SSSR count).